The molecule has 1 spiro atoms. The van der Waals surface area contributed by atoms with Gasteiger partial charge in [0.25, 0.3) is 5.91 Å². The van der Waals surface area contributed by atoms with E-state index in [0.717, 1.165) is 30.4 Å². The van der Waals surface area contributed by atoms with Gasteiger partial charge in [-0.15, -0.1) is 11.3 Å². The number of cyclic esters (lactones) is 1. The number of alkyl carbamates (subject to hydrolysis) is 2. The highest BCUT2D eigenvalue weighted by atomic mass is 32.1. The van der Waals surface area contributed by atoms with Crippen LogP contribution in [0.1, 0.15) is 77.1 Å². The number of nitrogens with zero attached hydrogens (tertiary/aromatic N) is 2. The number of amides is 2. The highest BCUT2D eigenvalue weighted by Gasteiger charge is 2.65. The van der Waals surface area contributed by atoms with Gasteiger partial charge in [0.2, 0.25) is 5.54 Å². The second-order valence-corrected chi connectivity index (χ2v) is 13.7. The van der Waals surface area contributed by atoms with E-state index in [1.54, 1.807) is 0 Å². The second-order valence-electron chi connectivity index (χ2n) is 12.6. The molecule has 2 aromatic rings. The number of anilines is 1. The summed E-state index contributed by atoms with van der Waals surface area (Å²) in [6, 6.07) is 9.68. The van der Waals surface area contributed by atoms with Crippen LogP contribution < -0.4 is 10.6 Å². The average Bonchev–Trinajstić information content (AvgIpc) is 3.43. The first kappa shape index (κ1) is 28.8. The van der Waals surface area contributed by atoms with Crippen molar-refractivity contribution in [2.24, 2.45) is 0 Å². The number of nitrogens with one attached hydrogen (secondary N) is 1. The predicted molar refractivity (Wildman–Crippen MR) is 156 cm³/mol. The number of hydrogen-bond donors (Lipinski definition) is 2. The summed E-state index contributed by atoms with van der Waals surface area (Å²) in [7, 11) is 0. The van der Waals surface area contributed by atoms with Crippen molar-refractivity contribution in [2.75, 3.05) is 38.5 Å². The number of piperidine rings is 1. The van der Waals surface area contributed by atoms with Crippen LogP contribution in [0.15, 0.2) is 30.3 Å². The first-order chi connectivity index (χ1) is 20.1. The summed E-state index contributed by atoms with van der Waals surface area (Å²) in [5, 5.41) is 0.435. The maximum absolute atomic E-state index is 13.6. The van der Waals surface area contributed by atoms with Crippen LogP contribution in [-0.2, 0) is 27.3 Å². The van der Waals surface area contributed by atoms with Gasteiger partial charge >= 0.3 is 12.1 Å². The van der Waals surface area contributed by atoms with Crippen LogP contribution in [0.3, 0.4) is 0 Å². The number of ether oxygens (including phenoxy) is 2. The molecule has 1 aromatic heterocycles. The number of benzene rings is 1. The zero-order chi connectivity index (χ0) is 29.6. The lowest BCUT2D eigenvalue weighted by Gasteiger charge is -2.46. The number of hydrogen-bond acceptors (Lipinski definition) is 9. The van der Waals surface area contributed by atoms with Gasteiger partial charge in [-0.25, -0.2) is 9.69 Å². The maximum atomic E-state index is 13.6. The van der Waals surface area contributed by atoms with Crippen molar-refractivity contribution < 1.29 is 33.6 Å². The number of Topliss-reactive ketones (excluding diaryl/α,β-unsaturated/α-hetero) is 1. The molecule has 11 heteroatoms. The lowest BCUT2D eigenvalue weighted by molar-refractivity contribution is -0.876. The number of fused-ring (bicyclic) bond motifs is 1. The first-order valence-corrected chi connectivity index (χ1v) is 15.7. The van der Waals surface area contributed by atoms with E-state index >= 15 is 0 Å². The Morgan fingerprint density at radius 3 is 2.55 bits per heavy atom. The molecule has 2 unspecified atom stereocenters. The minimum Gasteiger partial charge on any atom is -0.455 e. The fourth-order valence-corrected chi connectivity index (χ4v) is 8.36. The number of likely N-dealkylation sites (tertiary alicyclic amines) is 1. The van der Waals surface area contributed by atoms with Crippen molar-refractivity contribution in [2.45, 2.75) is 76.2 Å². The molecule has 2 atom stereocenters. The molecule has 3 aliphatic heterocycles. The maximum Gasteiger partial charge on any atom is 0.515 e. The molecule has 3 N–H and O–H groups in total. The quantitative estimate of drug-likeness (QED) is 0.517. The topological polar surface area (TPSA) is 124 Å². The fraction of sp³-hybridized carbons (Fsp3) is 0.548. The third kappa shape index (κ3) is 5.22. The van der Waals surface area contributed by atoms with E-state index in [1.165, 1.54) is 11.3 Å². The molecule has 10 nitrogen and oxygen atoms in total. The molecule has 42 heavy (non-hydrogen) atoms. The molecule has 4 heterocycles. The Morgan fingerprint density at radius 2 is 1.86 bits per heavy atom. The highest BCUT2D eigenvalue weighted by Crippen LogP contribution is 2.38. The summed E-state index contributed by atoms with van der Waals surface area (Å²) in [6.07, 6.45) is 3.46. The molecule has 1 aromatic carbocycles. The number of piperazine rings is 1. The Morgan fingerprint density at radius 1 is 1.12 bits per heavy atom. The monoisotopic (exact) mass is 595 g/mol. The zero-order valence-corrected chi connectivity index (χ0v) is 25.1. The minimum atomic E-state index is -1.04. The van der Waals surface area contributed by atoms with Gasteiger partial charge in [-0.3, -0.25) is 14.5 Å². The zero-order valence-electron chi connectivity index (χ0n) is 24.3. The Hall–Kier alpha value is -3.28. The molecule has 4 aliphatic rings. The van der Waals surface area contributed by atoms with Gasteiger partial charge in [0.1, 0.15) is 18.8 Å². The van der Waals surface area contributed by atoms with Crippen molar-refractivity contribution in [1.29, 1.82) is 0 Å². The van der Waals surface area contributed by atoms with Gasteiger partial charge in [0.15, 0.2) is 5.78 Å². The van der Waals surface area contributed by atoms with Gasteiger partial charge < -0.3 is 20.1 Å². The van der Waals surface area contributed by atoms with E-state index in [0.29, 0.717) is 72.3 Å². The number of esters is 1. The number of quaternary nitrogens is 1. The van der Waals surface area contributed by atoms with E-state index < -0.39 is 17.2 Å². The molecule has 3 saturated heterocycles. The Balaban J connectivity index is 1.13. The smallest absolute Gasteiger partial charge is 0.455 e. The Bertz CT molecular complexity index is 1400. The van der Waals surface area contributed by atoms with Crippen LogP contribution in [-0.4, -0.2) is 83.5 Å². The largest absolute Gasteiger partial charge is 0.515 e. The van der Waals surface area contributed by atoms with Crippen molar-refractivity contribution in [3.8, 4) is 0 Å². The van der Waals surface area contributed by atoms with Crippen LogP contribution in [0, 0.1) is 0 Å². The molecule has 0 bridgehead atoms. The average molecular weight is 596 g/mol. The van der Waals surface area contributed by atoms with Gasteiger partial charge in [-0.1, -0.05) is 30.3 Å². The van der Waals surface area contributed by atoms with Gasteiger partial charge in [0.05, 0.1) is 28.4 Å². The lowest BCUT2D eigenvalue weighted by Crippen LogP contribution is -3.26. The normalized spacial score (nSPS) is 26.2. The number of nitrogen functional groups attached to an aromatic ring is 1. The molecular formula is C31H39N4O6S+. The molecule has 1 aliphatic carbocycles. The van der Waals surface area contributed by atoms with Crippen molar-refractivity contribution in [3.05, 3.63) is 51.9 Å². The van der Waals surface area contributed by atoms with Crippen LogP contribution in [0.5, 0.6) is 0 Å². The molecule has 6 rings (SSSR count). The molecule has 0 saturated carbocycles. The molecular weight excluding hydrogens is 556 g/mol. The van der Waals surface area contributed by atoms with Crippen molar-refractivity contribution in [1.82, 2.24) is 9.80 Å². The van der Waals surface area contributed by atoms with E-state index in [4.69, 9.17) is 15.2 Å². The Kier molecular flexibility index (Phi) is 7.61. The number of nitrogens with two attached hydrogens (primary N) is 1. The lowest BCUT2D eigenvalue weighted by atomic mass is 9.85. The number of rotatable bonds is 4. The van der Waals surface area contributed by atoms with Crippen LogP contribution >= 0.6 is 11.3 Å². The highest BCUT2D eigenvalue weighted by molar-refractivity contribution is 7.18. The summed E-state index contributed by atoms with van der Waals surface area (Å²) in [6.45, 7) is 6.53. The number of carbonyl (C=O) groups is 4. The summed E-state index contributed by atoms with van der Waals surface area (Å²) in [5.74, 6) is -0.367. The SMILES string of the molecule is CC1(C)CC2(CN(C3CCN(C(=O)c4c(N)sc5c4CCCC5=O)CC3)CC[NH+]2C(=O)OCc2ccccc2)C(=O)O1. The van der Waals surface area contributed by atoms with Crippen LogP contribution in [0.2, 0.25) is 0 Å². The first-order valence-electron chi connectivity index (χ1n) is 14.9. The van der Waals surface area contributed by atoms with Gasteiger partial charge in [0, 0.05) is 32.1 Å². The summed E-state index contributed by atoms with van der Waals surface area (Å²) in [5.41, 5.74) is 6.77. The summed E-state index contributed by atoms with van der Waals surface area (Å²) < 4.78 is 11.5. The standard InChI is InChI=1S/C31H38N4O6S/c1-30(2)18-31(28(38)41-30)19-34(15-16-35(31)29(39)40-17-20-7-4-3-5-8-20)21-11-13-33(14-12-21)27(37)24-22-9-6-10-23(36)25(22)42-26(24)32/h3-5,7-8,21H,6,9-19,32H2,1-2H3/p+1. The summed E-state index contributed by atoms with van der Waals surface area (Å²) >= 11 is 1.24. The summed E-state index contributed by atoms with van der Waals surface area (Å²) in [4.78, 5) is 58.1. The number of carbonyl (C=O) groups excluding carboxylic acids is 4. The number of ketones is 1. The Labute approximate surface area is 249 Å². The van der Waals surface area contributed by atoms with Gasteiger partial charge in [-0.05, 0) is 50.7 Å². The molecule has 3 fully saturated rings. The molecule has 2 amide bonds. The van der Waals surface area contributed by atoms with Crippen LogP contribution in [0.4, 0.5) is 9.80 Å². The third-order valence-electron chi connectivity index (χ3n) is 9.25. The van der Waals surface area contributed by atoms with Crippen molar-refractivity contribution in [3.63, 3.8) is 0 Å². The van der Waals surface area contributed by atoms with E-state index in [-0.39, 0.29) is 30.3 Å². The van der Waals surface area contributed by atoms with Crippen LogP contribution in [0.25, 0.3) is 0 Å². The van der Waals surface area contributed by atoms with Crippen molar-refractivity contribution >= 4 is 40.1 Å². The van der Waals surface area contributed by atoms with Gasteiger partial charge in [-0.2, -0.15) is 4.79 Å². The predicted octanol–water partition coefficient (Wildman–Crippen LogP) is 2.46. The molecule has 224 valence electrons. The van der Waals surface area contributed by atoms with E-state index in [1.807, 2.05) is 49.1 Å². The number of thiophene rings is 1. The molecule has 0 radical (unpaired) electrons. The third-order valence-corrected chi connectivity index (χ3v) is 10.3. The van der Waals surface area contributed by atoms with E-state index in [9.17, 15) is 19.2 Å². The second kappa shape index (κ2) is 11.1. The van der Waals surface area contributed by atoms with E-state index in [2.05, 4.69) is 4.90 Å². The minimum absolute atomic E-state index is 0.0819. The fourth-order valence-electron chi connectivity index (χ4n) is 7.28.